The molecule has 0 aliphatic rings. The van der Waals surface area contributed by atoms with Crippen molar-refractivity contribution >= 4 is 11.4 Å². The van der Waals surface area contributed by atoms with Crippen LogP contribution in [0.4, 0.5) is 11.4 Å². The Kier molecular flexibility index (Phi) is 5.45. The summed E-state index contributed by atoms with van der Waals surface area (Å²) in [4.78, 5) is 21.7. The first-order chi connectivity index (χ1) is 13.5. The molecule has 0 aliphatic heterocycles. The molecular weight excluding hydrogens is 356 g/mol. The molecule has 0 amide bonds. The molecule has 0 aliphatic carbocycles. The highest BCUT2D eigenvalue weighted by Gasteiger charge is 2.22. The Balaban J connectivity index is 2.12. The summed E-state index contributed by atoms with van der Waals surface area (Å²) in [6.45, 7) is 0. The minimum absolute atomic E-state index is 0.0363. The fourth-order valence-corrected chi connectivity index (χ4v) is 2.40. The van der Waals surface area contributed by atoms with Gasteiger partial charge in [0.15, 0.2) is 0 Å². The molecule has 0 spiro atoms. The third-order valence-electron chi connectivity index (χ3n) is 3.74. The van der Waals surface area contributed by atoms with E-state index in [-0.39, 0.29) is 22.5 Å². The standard InChI is InChI=1S/C22H12N2O4/c25-23(26)21-16-20(14-12-18-9-5-2-6-10-18)22(24(27)28)15-19(21)13-11-17-7-3-1-4-8-17/h1-10,15-16H. The van der Waals surface area contributed by atoms with Crippen molar-refractivity contribution in [2.45, 2.75) is 0 Å². The van der Waals surface area contributed by atoms with Gasteiger partial charge in [0.05, 0.1) is 9.85 Å². The van der Waals surface area contributed by atoms with Gasteiger partial charge in [0.1, 0.15) is 11.1 Å². The highest BCUT2D eigenvalue weighted by molar-refractivity contribution is 5.65. The first-order valence-corrected chi connectivity index (χ1v) is 8.15. The minimum atomic E-state index is -0.619. The molecule has 134 valence electrons. The highest BCUT2D eigenvalue weighted by Crippen LogP contribution is 2.28. The monoisotopic (exact) mass is 368 g/mol. The Morgan fingerprint density at radius 1 is 0.571 bits per heavy atom. The predicted molar refractivity (Wildman–Crippen MR) is 105 cm³/mol. The first-order valence-electron chi connectivity index (χ1n) is 8.15. The Hall–Kier alpha value is -4.42. The van der Waals surface area contributed by atoms with Crippen LogP contribution in [0.1, 0.15) is 22.3 Å². The summed E-state index contributed by atoms with van der Waals surface area (Å²) in [6, 6.07) is 19.9. The van der Waals surface area contributed by atoms with Gasteiger partial charge < -0.3 is 0 Å². The zero-order valence-corrected chi connectivity index (χ0v) is 14.5. The van der Waals surface area contributed by atoms with Crippen molar-refractivity contribution in [2.75, 3.05) is 0 Å². The summed E-state index contributed by atoms with van der Waals surface area (Å²) < 4.78 is 0. The van der Waals surface area contributed by atoms with E-state index in [9.17, 15) is 20.2 Å². The van der Waals surface area contributed by atoms with E-state index in [0.29, 0.717) is 11.1 Å². The van der Waals surface area contributed by atoms with Crippen molar-refractivity contribution in [3.63, 3.8) is 0 Å². The quantitative estimate of drug-likeness (QED) is 0.383. The number of hydrogen-bond donors (Lipinski definition) is 0. The van der Waals surface area contributed by atoms with Crippen molar-refractivity contribution in [1.29, 1.82) is 0 Å². The van der Waals surface area contributed by atoms with Crippen molar-refractivity contribution in [2.24, 2.45) is 0 Å². The molecule has 3 rings (SSSR count). The summed E-state index contributed by atoms with van der Waals surface area (Å²) in [5.41, 5.74) is 0.564. The molecule has 0 radical (unpaired) electrons. The number of nitro benzene ring substituents is 2. The molecule has 0 atom stereocenters. The Morgan fingerprint density at radius 3 is 1.25 bits per heavy atom. The second-order valence-corrected chi connectivity index (χ2v) is 5.63. The number of hydrogen-bond acceptors (Lipinski definition) is 4. The predicted octanol–water partition coefficient (Wildman–Crippen LogP) is 4.30. The highest BCUT2D eigenvalue weighted by atomic mass is 16.6. The molecular formula is C22H12N2O4. The van der Waals surface area contributed by atoms with E-state index in [2.05, 4.69) is 23.7 Å². The lowest BCUT2D eigenvalue weighted by molar-refractivity contribution is -0.389. The molecule has 0 saturated heterocycles. The van der Waals surface area contributed by atoms with Crippen molar-refractivity contribution < 1.29 is 9.85 Å². The van der Waals surface area contributed by atoms with Crippen LogP contribution in [0.25, 0.3) is 0 Å². The average molecular weight is 368 g/mol. The normalized spacial score (nSPS) is 9.43. The lowest BCUT2D eigenvalue weighted by atomic mass is 10.1. The molecule has 0 heterocycles. The van der Waals surface area contributed by atoms with Gasteiger partial charge in [0, 0.05) is 23.3 Å². The smallest absolute Gasteiger partial charge is 0.258 e. The van der Waals surface area contributed by atoms with Crippen molar-refractivity contribution in [3.05, 3.63) is 115 Å². The molecule has 0 saturated carbocycles. The van der Waals surface area contributed by atoms with E-state index < -0.39 is 9.85 Å². The number of nitrogens with zero attached hydrogens (tertiary/aromatic N) is 2. The number of nitro groups is 2. The zero-order chi connectivity index (χ0) is 19.9. The minimum Gasteiger partial charge on any atom is -0.258 e. The summed E-state index contributed by atoms with van der Waals surface area (Å²) in [5.74, 6) is 10.9. The van der Waals surface area contributed by atoms with E-state index in [0.717, 1.165) is 12.1 Å². The molecule has 3 aromatic carbocycles. The van der Waals surface area contributed by atoms with Crippen LogP contribution in [0.3, 0.4) is 0 Å². The fourth-order valence-electron chi connectivity index (χ4n) is 2.40. The van der Waals surface area contributed by atoms with E-state index in [1.54, 1.807) is 48.5 Å². The molecule has 28 heavy (non-hydrogen) atoms. The van der Waals surface area contributed by atoms with Crippen LogP contribution < -0.4 is 0 Å². The molecule has 0 bridgehead atoms. The lowest BCUT2D eigenvalue weighted by Gasteiger charge is -2.00. The summed E-state index contributed by atoms with van der Waals surface area (Å²) in [7, 11) is 0. The van der Waals surface area contributed by atoms with Gasteiger partial charge in [-0.15, -0.1) is 0 Å². The lowest BCUT2D eigenvalue weighted by Crippen LogP contribution is -1.99. The van der Waals surface area contributed by atoms with E-state index in [1.807, 2.05) is 12.1 Å². The van der Waals surface area contributed by atoms with Crippen molar-refractivity contribution in [1.82, 2.24) is 0 Å². The van der Waals surface area contributed by atoms with Gasteiger partial charge in [-0.1, -0.05) is 60.1 Å². The third-order valence-corrected chi connectivity index (χ3v) is 3.74. The number of benzene rings is 3. The summed E-state index contributed by atoms with van der Waals surface area (Å²) in [5, 5.41) is 22.9. The van der Waals surface area contributed by atoms with Crippen LogP contribution in [0.5, 0.6) is 0 Å². The van der Waals surface area contributed by atoms with Crippen LogP contribution in [0.2, 0.25) is 0 Å². The van der Waals surface area contributed by atoms with Gasteiger partial charge in [-0.3, -0.25) is 20.2 Å². The number of rotatable bonds is 2. The van der Waals surface area contributed by atoms with Gasteiger partial charge in [0.25, 0.3) is 11.4 Å². The van der Waals surface area contributed by atoms with E-state index >= 15 is 0 Å². The van der Waals surface area contributed by atoms with Crippen molar-refractivity contribution in [3.8, 4) is 23.7 Å². The maximum absolute atomic E-state index is 11.5. The second kappa shape index (κ2) is 8.31. The fraction of sp³-hybridized carbons (Fsp3) is 0. The van der Waals surface area contributed by atoms with Gasteiger partial charge in [0.2, 0.25) is 0 Å². The summed E-state index contributed by atoms with van der Waals surface area (Å²) >= 11 is 0. The maximum atomic E-state index is 11.5. The molecule has 0 unspecified atom stereocenters. The first kappa shape index (κ1) is 18.4. The maximum Gasteiger partial charge on any atom is 0.286 e. The van der Waals surface area contributed by atoms with Crippen LogP contribution in [0, 0.1) is 43.9 Å². The van der Waals surface area contributed by atoms with Gasteiger partial charge in [-0.2, -0.15) is 0 Å². The Bertz CT molecular complexity index is 1070. The SMILES string of the molecule is O=[N+]([O-])c1cc(C#Cc2ccccc2)c([N+](=O)[O-])cc1C#Cc1ccccc1. The topological polar surface area (TPSA) is 86.3 Å². The molecule has 3 aromatic rings. The largest absolute Gasteiger partial charge is 0.286 e. The molecule has 0 fully saturated rings. The average Bonchev–Trinajstić information content (AvgIpc) is 2.71. The van der Waals surface area contributed by atoms with Gasteiger partial charge >= 0.3 is 0 Å². The van der Waals surface area contributed by atoms with Crippen LogP contribution in [-0.4, -0.2) is 9.85 Å². The van der Waals surface area contributed by atoms with Crippen LogP contribution in [0.15, 0.2) is 72.8 Å². The van der Waals surface area contributed by atoms with Crippen LogP contribution in [-0.2, 0) is 0 Å². The molecule has 6 nitrogen and oxygen atoms in total. The van der Waals surface area contributed by atoms with Crippen LogP contribution >= 0.6 is 0 Å². The third kappa shape index (κ3) is 4.40. The van der Waals surface area contributed by atoms with Gasteiger partial charge in [-0.25, -0.2) is 0 Å². The summed E-state index contributed by atoms with van der Waals surface area (Å²) in [6.07, 6.45) is 0. The zero-order valence-electron chi connectivity index (χ0n) is 14.5. The Morgan fingerprint density at radius 2 is 0.929 bits per heavy atom. The van der Waals surface area contributed by atoms with E-state index in [4.69, 9.17) is 0 Å². The second-order valence-electron chi connectivity index (χ2n) is 5.63. The van der Waals surface area contributed by atoms with Gasteiger partial charge in [-0.05, 0) is 24.3 Å². The molecule has 0 N–H and O–H groups in total. The molecule has 6 heteroatoms. The molecule has 0 aromatic heterocycles. The van der Waals surface area contributed by atoms with E-state index in [1.165, 1.54) is 0 Å². The Labute approximate surface area is 160 Å².